The van der Waals surface area contributed by atoms with Crippen LogP contribution in [0.3, 0.4) is 0 Å². The van der Waals surface area contributed by atoms with Crippen LogP contribution in [0, 0.1) is 5.92 Å². The van der Waals surface area contributed by atoms with Crippen molar-refractivity contribution < 1.29 is 9.53 Å². The Morgan fingerprint density at radius 2 is 2.14 bits per heavy atom. The van der Waals surface area contributed by atoms with Crippen LogP contribution in [0.2, 0.25) is 0 Å². The van der Waals surface area contributed by atoms with Gasteiger partial charge in [0, 0.05) is 30.9 Å². The monoisotopic (exact) mass is 390 g/mol. The summed E-state index contributed by atoms with van der Waals surface area (Å²) in [5, 5.41) is 10.2. The lowest BCUT2D eigenvalue weighted by Crippen LogP contribution is -2.53. The van der Waals surface area contributed by atoms with Crippen LogP contribution in [-0.4, -0.2) is 68.3 Å². The summed E-state index contributed by atoms with van der Waals surface area (Å²) >= 11 is 0. The third kappa shape index (κ3) is 5.37. The van der Waals surface area contributed by atoms with E-state index in [-0.39, 0.29) is 18.1 Å². The number of nitrogens with zero attached hydrogens (tertiary/aromatic N) is 1. The van der Waals surface area contributed by atoms with Crippen LogP contribution in [0.1, 0.15) is 46.5 Å². The quantitative estimate of drug-likeness (QED) is 0.524. The minimum Gasteiger partial charge on any atom is -0.382 e. The first-order chi connectivity index (χ1) is 13.5. The highest BCUT2D eigenvalue weighted by atomic mass is 16.5. The van der Waals surface area contributed by atoms with Crippen molar-refractivity contribution in [3.05, 3.63) is 23.4 Å². The molecule has 1 saturated carbocycles. The summed E-state index contributed by atoms with van der Waals surface area (Å²) in [6, 6.07) is 0.771. The van der Waals surface area contributed by atoms with Gasteiger partial charge in [0.2, 0.25) is 0 Å². The fraction of sp³-hybridized carbons (Fsp3) is 0.773. The third-order valence-electron chi connectivity index (χ3n) is 5.93. The van der Waals surface area contributed by atoms with Gasteiger partial charge in [-0.3, -0.25) is 4.79 Å². The summed E-state index contributed by atoms with van der Waals surface area (Å²) in [5.74, 6) is 0.589. The zero-order chi connectivity index (χ0) is 20.1. The van der Waals surface area contributed by atoms with Gasteiger partial charge >= 0.3 is 0 Å². The van der Waals surface area contributed by atoms with Gasteiger partial charge in [0.15, 0.2) is 0 Å². The maximum absolute atomic E-state index is 13.3. The van der Waals surface area contributed by atoms with Crippen LogP contribution in [0.25, 0.3) is 0 Å². The SMILES string of the molecule is CNCCCC1C=C([C@@H](C)N(C(=O)[C@H]2CNCCO2)C2CC2)C=C(C(C)C)N1. The van der Waals surface area contributed by atoms with E-state index in [4.69, 9.17) is 4.74 Å². The zero-order valence-corrected chi connectivity index (χ0v) is 18.0. The number of hydrogen-bond acceptors (Lipinski definition) is 5. The molecule has 2 aliphatic heterocycles. The van der Waals surface area contributed by atoms with Gasteiger partial charge in [-0.25, -0.2) is 0 Å². The molecule has 0 bridgehead atoms. The average molecular weight is 391 g/mol. The van der Waals surface area contributed by atoms with E-state index < -0.39 is 0 Å². The Morgan fingerprint density at radius 3 is 2.75 bits per heavy atom. The van der Waals surface area contributed by atoms with E-state index in [2.05, 4.69) is 53.8 Å². The van der Waals surface area contributed by atoms with E-state index in [9.17, 15) is 4.79 Å². The predicted molar refractivity (Wildman–Crippen MR) is 113 cm³/mol. The summed E-state index contributed by atoms with van der Waals surface area (Å²) < 4.78 is 5.77. The molecule has 0 aromatic carbocycles. The molecule has 0 aromatic heterocycles. The predicted octanol–water partition coefficient (Wildman–Crippen LogP) is 1.79. The highest BCUT2D eigenvalue weighted by molar-refractivity contribution is 5.82. The van der Waals surface area contributed by atoms with E-state index in [0.717, 1.165) is 38.8 Å². The number of rotatable bonds is 9. The Hall–Kier alpha value is -1.37. The lowest BCUT2D eigenvalue weighted by molar-refractivity contribution is -0.147. The number of amides is 1. The molecular formula is C22H38N4O2. The largest absolute Gasteiger partial charge is 0.382 e. The molecule has 158 valence electrons. The molecule has 1 saturated heterocycles. The molecule has 1 unspecified atom stereocenters. The number of morpholine rings is 1. The van der Waals surface area contributed by atoms with Crippen molar-refractivity contribution in [2.24, 2.45) is 5.92 Å². The first-order valence-corrected chi connectivity index (χ1v) is 11.0. The summed E-state index contributed by atoms with van der Waals surface area (Å²) in [4.78, 5) is 15.4. The maximum atomic E-state index is 13.3. The molecule has 2 heterocycles. The summed E-state index contributed by atoms with van der Waals surface area (Å²) in [5.41, 5.74) is 2.54. The van der Waals surface area contributed by atoms with Gasteiger partial charge in [0.05, 0.1) is 12.6 Å². The lowest BCUT2D eigenvalue weighted by Gasteiger charge is -2.37. The maximum Gasteiger partial charge on any atom is 0.253 e. The number of carbonyl (C=O) groups excluding carboxylic acids is 1. The van der Waals surface area contributed by atoms with E-state index in [1.165, 1.54) is 11.3 Å². The Morgan fingerprint density at radius 1 is 1.36 bits per heavy atom. The van der Waals surface area contributed by atoms with Crippen LogP contribution < -0.4 is 16.0 Å². The Kier molecular flexibility index (Phi) is 7.55. The molecule has 0 radical (unpaired) electrons. The first-order valence-electron chi connectivity index (χ1n) is 11.0. The number of allylic oxidation sites excluding steroid dienone is 1. The molecular weight excluding hydrogens is 352 g/mol. The van der Waals surface area contributed by atoms with Crippen LogP contribution in [0.4, 0.5) is 0 Å². The lowest BCUT2D eigenvalue weighted by atomic mass is 9.93. The normalized spacial score (nSPS) is 26.3. The molecule has 1 aliphatic carbocycles. The fourth-order valence-corrected chi connectivity index (χ4v) is 4.10. The van der Waals surface area contributed by atoms with Crippen molar-refractivity contribution >= 4 is 5.91 Å². The molecule has 3 aliphatic rings. The minimum absolute atomic E-state index is 0.0770. The summed E-state index contributed by atoms with van der Waals surface area (Å²) in [7, 11) is 2.00. The highest BCUT2D eigenvalue weighted by Crippen LogP contribution is 2.33. The first kappa shape index (κ1) is 21.3. The van der Waals surface area contributed by atoms with Crippen molar-refractivity contribution in [1.82, 2.24) is 20.9 Å². The van der Waals surface area contributed by atoms with Crippen LogP contribution in [-0.2, 0) is 9.53 Å². The van der Waals surface area contributed by atoms with E-state index in [1.54, 1.807) is 0 Å². The Balaban J connectivity index is 1.77. The zero-order valence-electron chi connectivity index (χ0n) is 18.0. The average Bonchev–Trinajstić information content (AvgIpc) is 3.53. The number of nitrogens with one attached hydrogen (secondary N) is 3. The van der Waals surface area contributed by atoms with E-state index >= 15 is 0 Å². The van der Waals surface area contributed by atoms with Gasteiger partial charge in [-0.1, -0.05) is 19.9 Å². The molecule has 3 rings (SSSR count). The fourth-order valence-electron chi connectivity index (χ4n) is 4.10. The number of hydrogen-bond donors (Lipinski definition) is 3. The van der Waals surface area contributed by atoms with Gasteiger partial charge in [-0.2, -0.15) is 0 Å². The van der Waals surface area contributed by atoms with Crippen molar-refractivity contribution in [3.8, 4) is 0 Å². The number of carbonyl (C=O) groups is 1. The van der Waals surface area contributed by atoms with Crippen molar-refractivity contribution in [2.75, 3.05) is 33.3 Å². The van der Waals surface area contributed by atoms with Crippen molar-refractivity contribution in [1.29, 1.82) is 0 Å². The standard InChI is InChI=1S/C22H38N4O2/c1-15(2)20-13-17(12-18(25-20)6-5-9-23-4)16(3)26(19-7-8-19)22(27)21-14-24-10-11-28-21/h12-13,15-16,18-19,21,23-25H,5-11,14H2,1-4H3/t16-,18?,21-/m1/s1. The van der Waals surface area contributed by atoms with Crippen molar-refractivity contribution in [3.63, 3.8) is 0 Å². The molecule has 3 atom stereocenters. The molecule has 2 fully saturated rings. The highest BCUT2D eigenvalue weighted by Gasteiger charge is 2.40. The Labute approximate surface area is 170 Å². The van der Waals surface area contributed by atoms with Crippen molar-refractivity contribution in [2.45, 2.75) is 70.7 Å². The number of ether oxygens (including phenoxy) is 1. The van der Waals surface area contributed by atoms with Gasteiger partial charge in [-0.15, -0.1) is 0 Å². The van der Waals surface area contributed by atoms with Gasteiger partial charge in [0.1, 0.15) is 6.10 Å². The topological polar surface area (TPSA) is 65.6 Å². The molecule has 6 heteroatoms. The second-order valence-electron chi connectivity index (χ2n) is 8.63. The van der Waals surface area contributed by atoms with Crippen LogP contribution >= 0.6 is 0 Å². The van der Waals surface area contributed by atoms with Crippen LogP contribution in [0.5, 0.6) is 0 Å². The second kappa shape index (κ2) is 9.90. The van der Waals surface area contributed by atoms with Gasteiger partial charge < -0.3 is 25.6 Å². The molecule has 6 nitrogen and oxygen atoms in total. The molecule has 0 spiro atoms. The van der Waals surface area contributed by atoms with E-state index in [1.807, 2.05) is 7.05 Å². The third-order valence-corrected chi connectivity index (χ3v) is 5.93. The smallest absolute Gasteiger partial charge is 0.253 e. The second-order valence-corrected chi connectivity index (χ2v) is 8.63. The van der Waals surface area contributed by atoms with E-state index in [0.29, 0.717) is 31.2 Å². The van der Waals surface area contributed by atoms with Gasteiger partial charge in [-0.05, 0) is 63.8 Å². The molecule has 1 amide bonds. The summed E-state index contributed by atoms with van der Waals surface area (Å²) in [6.45, 7) is 9.72. The summed E-state index contributed by atoms with van der Waals surface area (Å²) in [6.07, 6.45) is 8.70. The van der Waals surface area contributed by atoms with Crippen LogP contribution in [0.15, 0.2) is 23.4 Å². The molecule has 3 N–H and O–H groups in total. The molecule has 28 heavy (non-hydrogen) atoms. The molecule has 0 aromatic rings. The van der Waals surface area contributed by atoms with Gasteiger partial charge in [0.25, 0.3) is 5.91 Å². The number of dihydropyridines is 1. The Bertz CT molecular complexity index is 591. The minimum atomic E-state index is -0.348.